The summed E-state index contributed by atoms with van der Waals surface area (Å²) in [5, 5.41) is 3.01. The van der Waals surface area contributed by atoms with Gasteiger partial charge >= 0.3 is 5.97 Å². The van der Waals surface area contributed by atoms with Crippen molar-refractivity contribution in [3.05, 3.63) is 29.8 Å². The largest absolute Gasteiger partial charge is 0.462 e. The van der Waals surface area contributed by atoms with Gasteiger partial charge in [-0.15, -0.1) is 0 Å². The number of amides is 1. The molecule has 0 spiro atoms. The average molecular weight is 341 g/mol. The van der Waals surface area contributed by atoms with Crippen molar-refractivity contribution >= 4 is 17.6 Å². The molecule has 134 valence electrons. The molecule has 1 aromatic carbocycles. The maximum Gasteiger partial charge on any atom is 0.338 e. The van der Waals surface area contributed by atoms with E-state index in [1.165, 1.54) is 38.5 Å². The zero-order valence-electron chi connectivity index (χ0n) is 14.9. The summed E-state index contributed by atoms with van der Waals surface area (Å²) in [4.78, 5) is 24.5. The predicted molar refractivity (Wildman–Crippen MR) is 96.3 cm³/mol. The van der Waals surface area contributed by atoms with Crippen LogP contribution in [0.25, 0.3) is 0 Å². The van der Waals surface area contributed by atoms with Crippen molar-refractivity contribution in [1.29, 1.82) is 0 Å². The second-order valence-corrected chi connectivity index (χ2v) is 8.44. The maximum absolute atomic E-state index is 12.7. The Morgan fingerprint density at radius 2 is 1.76 bits per heavy atom. The number of nitrogens with one attached hydrogen (secondary N) is 1. The molecular formula is C21H27NO3. The fourth-order valence-corrected chi connectivity index (χ4v) is 5.99. The number of hydrogen-bond donors (Lipinski definition) is 1. The first-order valence-corrected chi connectivity index (χ1v) is 9.62. The zero-order chi connectivity index (χ0) is 17.4. The van der Waals surface area contributed by atoms with Gasteiger partial charge in [-0.25, -0.2) is 4.79 Å². The van der Waals surface area contributed by atoms with Crippen LogP contribution in [0.1, 0.15) is 62.2 Å². The van der Waals surface area contributed by atoms with Crippen molar-refractivity contribution in [3.8, 4) is 0 Å². The van der Waals surface area contributed by atoms with E-state index in [4.69, 9.17) is 4.74 Å². The highest BCUT2D eigenvalue weighted by Gasteiger charge is 2.51. The maximum atomic E-state index is 12.7. The van der Waals surface area contributed by atoms with Crippen molar-refractivity contribution in [2.24, 2.45) is 23.2 Å². The van der Waals surface area contributed by atoms with E-state index in [2.05, 4.69) is 5.32 Å². The van der Waals surface area contributed by atoms with E-state index in [-0.39, 0.29) is 17.3 Å². The van der Waals surface area contributed by atoms with Gasteiger partial charge in [-0.1, -0.05) is 6.07 Å². The predicted octanol–water partition coefficient (Wildman–Crippen LogP) is 4.41. The third-order valence-corrected chi connectivity index (χ3v) is 6.36. The highest BCUT2D eigenvalue weighted by atomic mass is 16.5. The van der Waals surface area contributed by atoms with Crippen LogP contribution in [0, 0.1) is 23.2 Å². The van der Waals surface area contributed by atoms with E-state index >= 15 is 0 Å². The van der Waals surface area contributed by atoms with E-state index in [1.54, 1.807) is 25.1 Å². The minimum Gasteiger partial charge on any atom is -0.462 e. The van der Waals surface area contributed by atoms with Crippen LogP contribution in [0.2, 0.25) is 0 Å². The van der Waals surface area contributed by atoms with Crippen LogP contribution in [0.15, 0.2) is 24.3 Å². The Balaban J connectivity index is 1.41. The third-order valence-electron chi connectivity index (χ3n) is 6.36. The summed E-state index contributed by atoms with van der Waals surface area (Å²) >= 11 is 0. The van der Waals surface area contributed by atoms with Crippen LogP contribution < -0.4 is 5.32 Å². The molecule has 0 saturated heterocycles. The molecule has 0 radical (unpaired) electrons. The van der Waals surface area contributed by atoms with Gasteiger partial charge in [0.2, 0.25) is 5.91 Å². The van der Waals surface area contributed by atoms with Gasteiger partial charge in [-0.3, -0.25) is 4.79 Å². The lowest BCUT2D eigenvalue weighted by Gasteiger charge is -2.56. The van der Waals surface area contributed by atoms with Crippen LogP contribution in [-0.2, 0) is 9.53 Å². The summed E-state index contributed by atoms with van der Waals surface area (Å²) in [6, 6.07) is 7.04. The molecule has 1 N–H and O–H groups in total. The number of carbonyl (C=O) groups is 2. The summed E-state index contributed by atoms with van der Waals surface area (Å²) in [5.74, 6) is 2.30. The van der Waals surface area contributed by atoms with Gasteiger partial charge in [-0.05, 0) is 86.8 Å². The number of benzene rings is 1. The molecule has 4 bridgehead atoms. The van der Waals surface area contributed by atoms with E-state index in [1.807, 2.05) is 6.07 Å². The Labute approximate surface area is 149 Å². The molecule has 25 heavy (non-hydrogen) atoms. The molecule has 4 aliphatic rings. The van der Waals surface area contributed by atoms with Crippen molar-refractivity contribution in [3.63, 3.8) is 0 Å². The number of anilines is 1. The van der Waals surface area contributed by atoms with Crippen molar-refractivity contribution in [2.75, 3.05) is 11.9 Å². The molecule has 0 aliphatic heterocycles. The molecule has 0 aromatic heterocycles. The lowest BCUT2D eigenvalue weighted by Crippen LogP contribution is -2.47. The summed E-state index contributed by atoms with van der Waals surface area (Å²) < 4.78 is 5.03. The second kappa shape index (κ2) is 6.47. The molecule has 1 amide bonds. The minimum absolute atomic E-state index is 0.0861. The smallest absolute Gasteiger partial charge is 0.338 e. The quantitative estimate of drug-likeness (QED) is 0.807. The Morgan fingerprint density at radius 1 is 1.12 bits per heavy atom. The van der Waals surface area contributed by atoms with Gasteiger partial charge in [0.05, 0.1) is 12.2 Å². The summed E-state index contributed by atoms with van der Waals surface area (Å²) in [5.41, 5.74) is 1.40. The van der Waals surface area contributed by atoms with Gasteiger partial charge in [0.25, 0.3) is 0 Å². The molecule has 0 heterocycles. The standard InChI is InChI=1S/C21H27NO3/c1-2-25-20(24)17-4-3-5-18(9-17)22-19(23)13-21-10-14-6-15(11-21)8-16(7-14)12-21/h3-5,9,14-16H,2,6-8,10-13H2,1H3,(H,22,23). The van der Waals surface area contributed by atoms with Crippen LogP contribution >= 0.6 is 0 Å². The normalized spacial score (nSPS) is 32.4. The summed E-state index contributed by atoms with van der Waals surface area (Å²) in [6.45, 7) is 2.14. The zero-order valence-corrected chi connectivity index (χ0v) is 14.9. The lowest BCUT2D eigenvalue weighted by molar-refractivity contribution is -0.124. The fraction of sp³-hybridized carbons (Fsp3) is 0.619. The van der Waals surface area contributed by atoms with Crippen molar-refractivity contribution in [1.82, 2.24) is 0 Å². The molecule has 4 fully saturated rings. The topological polar surface area (TPSA) is 55.4 Å². The first-order valence-electron chi connectivity index (χ1n) is 9.62. The molecular weight excluding hydrogens is 314 g/mol. The van der Waals surface area contributed by atoms with Gasteiger partial charge < -0.3 is 10.1 Å². The molecule has 0 atom stereocenters. The third kappa shape index (κ3) is 3.44. The van der Waals surface area contributed by atoms with Crippen LogP contribution in [0.3, 0.4) is 0 Å². The van der Waals surface area contributed by atoms with E-state index in [9.17, 15) is 9.59 Å². The van der Waals surface area contributed by atoms with Gasteiger partial charge in [0.1, 0.15) is 0 Å². The number of esters is 1. The summed E-state index contributed by atoms with van der Waals surface area (Å²) in [6.07, 6.45) is 8.49. The number of carbonyl (C=O) groups excluding carboxylic acids is 2. The molecule has 0 unspecified atom stereocenters. The Hall–Kier alpha value is -1.84. The van der Waals surface area contributed by atoms with Crippen molar-refractivity contribution < 1.29 is 14.3 Å². The number of rotatable bonds is 5. The molecule has 1 aromatic rings. The van der Waals surface area contributed by atoms with Crippen molar-refractivity contribution in [2.45, 2.75) is 51.9 Å². The van der Waals surface area contributed by atoms with E-state index < -0.39 is 0 Å². The fourth-order valence-electron chi connectivity index (χ4n) is 5.99. The highest BCUT2D eigenvalue weighted by molar-refractivity contribution is 5.94. The van der Waals surface area contributed by atoms with Gasteiger partial charge in [0.15, 0.2) is 0 Å². The van der Waals surface area contributed by atoms with Crippen LogP contribution in [-0.4, -0.2) is 18.5 Å². The minimum atomic E-state index is -0.348. The molecule has 4 saturated carbocycles. The van der Waals surface area contributed by atoms with Crippen LogP contribution in [0.4, 0.5) is 5.69 Å². The molecule has 4 aliphatic carbocycles. The Kier molecular flexibility index (Phi) is 4.30. The van der Waals surface area contributed by atoms with E-state index in [0.29, 0.717) is 24.3 Å². The highest BCUT2D eigenvalue weighted by Crippen LogP contribution is 2.61. The van der Waals surface area contributed by atoms with Gasteiger partial charge in [0, 0.05) is 12.1 Å². The number of ether oxygens (including phenoxy) is 1. The first-order chi connectivity index (χ1) is 12.0. The van der Waals surface area contributed by atoms with Crippen LogP contribution in [0.5, 0.6) is 0 Å². The lowest BCUT2D eigenvalue weighted by atomic mass is 9.49. The molecule has 4 nitrogen and oxygen atoms in total. The number of hydrogen-bond acceptors (Lipinski definition) is 3. The molecule has 5 rings (SSSR count). The monoisotopic (exact) mass is 341 g/mol. The first kappa shape index (κ1) is 16.6. The van der Waals surface area contributed by atoms with Gasteiger partial charge in [-0.2, -0.15) is 0 Å². The SMILES string of the molecule is CCOC(=O)c1cccc(NC(=O)CC23CC4CC(CC(C4)C2)C3)c1. The molecule has 4 heteroatoms. The second-order valence-electron chi connectivity index (χ2n) is 8.44. The Morgan fingerprint density at radius 3 is 2.36 bits per heavy atom. The summed E-state index contributed by atoms with van der Waals surface area (Å²) in [7, 11) is 0. The van der Waals surface area contributed by atoms with E-state index in [0.717, 1.165) is 17.8 Å². The average Bonchev–Trinajstić information content (AvgIpc) is 2.53. The Bertz CT molecular complexity index is 646.